The van der Waals surface area contributed by atoms with Gasteiger partial charge in [-0.1, -0.05) is 17.7 Å². The molecule has 2 N–H and O–H groups in total. The maximum Gasteiger partial charge on any atom is 0.573 e. The zero-order valence-corrected chi connectivity index (χ0v) is 20.8. The van der Waals surface area contributed by atoms with Crippen molar-refractivity contribution >= 4 is 51.8 Å². The number of ether oxygens (including phenoxy) is 2. The van der Waals surface area contributed by atoms with Gasteiger partial charge in [0.2, 0.25) is 11.8 Å². The van der Waals surface area contributed by atoms with Gasteiger partial charge in [0.1, 0.15) is 28.4 Å². The van der Waals surface area contributed by atoms with Crippen LogP contribution in [0.4, 0.5) is 24.7 Å². The maximum absolute atomic E-state index is 12.5. The molecule has 3 heterocycles. The fourth-order valence-electron chi connectivity index (χ4n) is 3.36. The Labute approximate surface area is 218 Å². The molecular weight excluding hydrogens is 533 g/mol. The standard InChI is InChI=1S/C23H20ClF3N6O3S/c1-37-12-19(34)28-6-8-33-7-5-18-20(33)21(31-13-30-18)32-14-9-17(24)22(29-11-14)35-15-3-2-4-16(10-15)36-23(25,26)27/h2-5,7,9-11,13H,6,8,12H2,1H3,(H,28,34)(H,30,31,32). The summed E-state index contributed by atoms with van der Waals surface area (Å²) in [5.41, 5.74) is 1.92. The molecule has 1 amide bonds. The van der Waals surface area contributed by atoms with Gasteiger partial charge in [-0.05, 0) is 30.5 Å². The van der Waals surface area contributed by atoms with E-state index in [1.165, 1.54) is 36.4 Å². The van der Waals surface area contributed by atoms with Gasteiger partial charge in [0.25, 0.3) is 0 Å². The van der Waals surface area contributed by atoms with Gasteiger partial charge in [-0.25, -0.2) is 15.0 Å². The molecule has 0 atom stereocenters. The predicted octanol–water partition coefficient (Wildman–Crippen LogP) is 5.39. The number of alkyl halides is 3. The number of rotatable bonds is 10. The van der Waals surface area contributed by atoms with Crippen molar-refractivity contribution in [3.05, 3.63) is 60.1 Å². The van der Waals surface area contributed by atoms with E-state index in [1.54, 1.807) is 6.07 Å². The van der Waals surface area contributed by atoms with Gasteiger partial charge in [-0.15, -0.1) is 13.2 Å². The van der Waals surface area contributed by atoms with E-state index >= 15 is 0 Å². The first-order chi connectivity index (χ1) is 17.7. The highest BCUT2D eigenvalue weighted by Crippen LogP contribution is 2.33. The zero-order valence-electron chi connectivity index (χ0n) is 19.3. The number of hydrogen-bond acceptors (Lipinski definition) is 8. The molecule has 37 heavy (non-hydrogen) atoms. The molecule has 3 aromatic heterocycles. The van der Waals surface area contributed by atoms with Crippen LogP contribution in [0.3, 0.4) is 0 Å². The summed E-state index contributed by atoms with van der Waals surface area (Å²) in [6, 6.07) is 8.41. The fourth-order valence-corrected chi connectivity index (χ4v) is 3.93. The van der Waals surface area contributed by atoms with E-state index in [-0.39, 0.29) is 22.6 Å². The molecule has 0 saturated carbocycles. The van der Waals surface area contributed by atoms with Crippen LogP contribution in [-0.2, 0) is 11.3 Å². The van der Waals surface area contributed by atoms with E-state index in [2.05, 4.69) is 30.3 Å². The molecule has 14 heteroatoms. The summed E-state index contributed by atoms with van der Waals surface area (Å²) in [7, 11) is 0. The van der Waals surface area contributed by atoms with E-state index in [0.717, 1.165) is 17.6 Å². The van der Waals surface area contributed by atoms with Gasteiger partial charge < -0.3 is 24.7 Å². The lowest BCUT2D eigenvalue weighted by atomic mass is 10.3. The van der Waals surface area contributed by atoms with Crippen LogP contribution in [0.2, 0.25) is 5.02 Å². The quantitative estimate of drug-likeness (QED) is 0.270. The van der Waals surface area contributed by atoms with E-state index in [1.807, 2.05) is 23.1 Å². The molecule has 0 radical (unpaired) electrons. The van der Waals surface area contributed by atoms with Gasteiger partial charge in [0, 0.05) is 25.4 Å². The maximum atomic E-state index is 12.5. The van der Waals surface area contributed by atoms with Crippen molar-refractivity contribution in [3.8, 4) is 17.4 Å². The first-order valence-electron chi connectivity index (χ1n) is 10.7. The van der Waals surface area contributed by atoms with Crippen LogP contribution in [0.15, 0.2) is 55.1 Å². The third kappa shape index (κ3) is 7.17. The minimum atomic E-state index is -4.82. The second-order valence-corrected chi connectivity index (χ2v) is 8.78. The van der Waals surface area contributed by atoms with Crippen molar-refractivity contribution in [3.63, 3.8) is 0 Å². The third-order valence-corrected chi connectivity index (χ3v) is 5.65. The highest BCUT2D eigenvalue weighted by Gasteiger charge is 2.31. The van der Waals surface area contributed by atoms with Crippen LogP contribution in [-0.4, -0.2) is 50.3 Å². The Kier molecular flexibility index (Phi) is 8.24. The molecule has 0 saturated heterocycles. The Morgan fingerprint density at radius 3 is 2.73 bits per heavy atom. The average Bonchev–Trinajstić information content (AvgIpc) is 3.24. The number of anilines is 2. The van der Waals surface area contributed by atoms with Crippen molar-refractivity contribution < 1.29 is 27.4 Å². The largest absolute Gasteiger partial charge is 0.573 e. The number of hydrogen-bond donors (Lipinski definition) is 2. The molecule has 0 unspecified atom stereocenters. The summed E-state index contributed by atoms with van der Waals surface area (Å²) in [5.74, 6) is 0.474. The molecule has 0 aliphatic rings. The lowest BCUT2D eigenvalue weighted by molar-refractivity contribution is -0.274. The van der Waals surface area contributed by atoms with Crippen molar-refractivity contribution in [2.75, 3.05) is 23.9 Å². The zero-order chi connectivity index (χ0) is 26.4. The number of amides is 1. The SMILES string of the molecule is CSCC(=O)NCCn1ccc2ncnc(Nc3cnc(Oc4cccc(OC(F)(F)F)c4)c(Cl)c3)c21. The molecule has 1 aromatic carbocycles. The molecule has 4 aromatic rings. The van der Waals surface area contributed by atoms with E-state index in [9.17, 15) is 18.0 Å². The topological polar surface area (TPSA) is 103 Å². The summed E-state index contributed by atoms with van der Waals surface area (Å²) in [6.07, 6.45) is 1.75. The first kappa shape index (κ1) is 26.4. The Morgan fingerprint density at radius 2 is 1.97 bits per heavy atom. The van der Waals surface area contributed by atoms with E-state index in [0.29, 0.717) is 35.9 Å². The number of nitrogens with one attached hydrogen (secondary N) is 2. The number of benzene rings is 1. The normalized spacial score (nSPS) is 11.4. The summed E-state index contributed by atoms with van der Waals surface area (Å²) in [5, 5.41) is 6.12. The van der Waals surface area contributed by atoms with Gasteiger partial charge in [0.15, 0.2) is 5.82 Å². The summed E-state index contributed by atoms with van der Waals surface area (Å²) in [6.45, 7) is 0.945. The van der Waals surface area contributed by atoms with Gasteiger partial charge in [-0.3, -0.25) is 4.79 Å². The van der Waals surface area contributed by atoms with Crippen molar-refractivity contribution in [2.45, 2.75) is 12.9 Å². The summed E-state index contributed by atoms with van der Waals surface area (Å²) in [4.78, 5) is 24.5. The van der Waals surface area contributed by atoms with Crippen LogP contribution in [0.5, 0.6) is 17.4 Å². The van der Waals surface area contributed by atoms with Crippen LogP contribution in [0.1, 0.15) is 0 Å². The third-order valence-electron chi connectivity index (χ3n) is 4.82. The lowest BCUT2D eigenvalue weighted by Crippen LogP contribution is -2.28. The van der Waals surface area contributed by atoms with Gasteiger partial charge in [0.05, 0.1) is 23.2 Å². The van der Waals surface area contributed by atoms with Crippen molar-refractivity contribution in [1.82, 2.24) is 24.8 Å². The molecule has 9 nitrogen and oxygen atoms in total. The Hall–Kier alpha value is -3.71. The van der Waals surface area contributed by atoms with Crippen LogP contribution in [0, 0.1) is 0 Å². The highest BCUT2D eigenvalue weighted by molar-refractivity contribution is 7.99. The summed E-state index contributed by atoms with van der Waals surface area (Å²) < 4.78 is 48.8. The van der Waals surface area contributed by atoms with Crippen molar-refractivity contribution in [2.24, 2.45) is 0 Å². The molecule has 0 aliphatic heterocycles. The lowest BCUT2D eigenvalue weighted by Gasteiger charge is -2.13. The average molecular weight is 553 g/mol. The summed E-state index contributed by atoms with van der Waals surface area (Å²) >= 11 is 7.77. The fraction of sp³-hybridized carbons (Fsp3) is 0.217. The van der Waals surface area contributed by atoms with Gasteiger partial charge in [-0.2, -0.15) is 11.8 Å². The monoisotopic (exact) mass is 552 g/mol. The highest BCUT2D eigenvalue weighted by atomic mass is 35.5. The number of carbonyl (C=O) groups excluding carboxylic acids is 1. The molecule has 194 valence electrons. The number of pyridine rings is 1. The number of aromatic nitrogens is 4. The minimum Gasteiger partial charge on any atom is -0.437 e. The Morgan fingerprint density at radius 1 is 1.16 bits per heavy atom. The van der Waals surface area contributed by atoms with Crippen LogP contribution in [0.25, 0.3) is 11.0 Å². The minimum absolute atomic E-state index is 0.00595. The predicted molar refractivity (Wildman–Crippen MR) is 135 cm³/mol. The second kappa shape index (κ2) is 11.6. The number of halogens is 4. The molecule has 0 bridgehead atoms. The van der Waals surface area contributed by atoms with Crippen molar-refractivity contribution in [1.29, 1.82) is 0 Å². The molecular formula is C23H20ClF3N6O3S. The number of thioether (sulfide) groups is 1. The van der Waals surface area contributed by atoms with Crippen LogP contribution < -0.4 is 20.1 Å². The number of nitrogens with zero attached hydrogens (tertiary/aromatic N) is 4. The molecule has 0 spiro atoms. The van der Waals surface area contributed by atoms with Gasteiger partial charge >= 0.3 is 6.36 Å². The van der Waals surface area contributed by atoms with Crippen LogP contribution >= 0.6 is 23.4 Å². The first-order valence-corrected chi connectivity index (χ1v) is 12.5. The Bertz CT molecular complexity index is 1400. The molecule has 4 rings (SSSR count). The molecule has 0 aliphatic carbocycles. The smallest absolute Gasteiger partial charge is 0.437 e. The van der Waals surface area contributed by atoms with E-state index < -0.39 is 12.1 Å². The Balaban J connectivity index is 1.48. The number of carbonyl (C=O) groups is 1. The second-order valence-electron chi connectivity index (χ2n) is 7.51. The van der Waals surface area contributed by atoms with E-state index in [4.69, 9.17) is 16.3 Å². The number of fused-ring (bicyclic) bond motifs is 1. The molecule has 0 fully saturated rings.